The summed E-state index contributed by atoms with van der Waals surface area (Å²) < 4.78 is 0. The Morgan fingerprint density at radius 2 is 2.12 bits per heavy atom. The first-order valence-electron chi connectivity index (χ1n) is 5.56. The van der Waals surface area contributed by atoms with Crippen molar-refractivity contribution in [2.24, 2.45) is 0 Å². The van der Waals surface area contributed by atoms with Crippen LogP contribution in [-0.2, 0) is 10.2 Å². The van der Waals surface area contributed by atoms with Crippen molar-refractivity contribution in [3.8, 4) is 0 Å². The second-order valence-corrected chi connectivity index (χ2v) is 5.87. The standard InChI is InChI=1S/C13H16BrNO/c1-4-10(14)8-5-6-11-9(7-8)13(2,3)12(16)15-11/h5-7,10H,4H2,1-3H3,(H,15,16). The van der Waals surface area contributed by atoms with Gasteiger partial charge in [0.2, 0.25) is 5.91 Å². The maximum atomic E-state index is 11.8. The van der Waals surface area contributed by atoms with Crippen LogP contribution in [-0.4, -0.2) is 5.91 Å². The Bertz CT molecular complexity index is 440. The third kappa shape index (κ3) is 1.67. The number of hydrogen-bond acceptors (Lipinski definition) is 1. The highest BCUT2D eigenvalue weighted by Gasteiger charge is 2.38. The minimum Gasteiger partial charge on any atom is -0.325 e. The normalized spacial score (nSPS) is 19.1. The van der Waals surface area contributed by atoms with Gasteiger partial charge in [0.1, 0.15) is 0 Å². The largest absolute Gasteiger partial charge is 0.325 e. The lowest BCUT2D eigenvalue weighted by Crippen LogP contribution is -2.26. The predicted octanol–water partition coefficient (Wildman–Crippen LogP) is 3.76. The van der Waals surface area contributed by atoms with E-state index in [1.807, 2.05) is 19.9 Å². The number of carbonyl (C=O) groups excluding carboxylic acids is 1. The lowest BCUT2D eigenvalue weighted by atomic mass is 9.85. The molecule has 0 saturated carbocycles. The Kier molecular flexibility index (Phi) is 2.82. The number of amides is 1. The summed E-state index contributed by atoms with van der Waals surface area (Å²) in [6.07, 6.45) is 1.04. The first-order chi connectivity index (χ1) is 7.46. The van der Waals surface area contributed by atoms with Gasteiger partial charge < -0.3 is 5.32 Å². The molecule has 3 heteroatoms. The molecule has 0 fully saturated rings. The Morgan fingerprint density at radius 1 is 1.44 bits per heavy atom. The molecule has 1 aliphatic rings. The van der Waals surface area contributed by atoms with Crippen LogP contribution in [0.25, 0.3) is 0 Å². The Morgan fingerprint density at radius 3 is 2.75 bits per heavy atom. The second-order valence-electron chi connectivity index (χ2n) is 4.76. The van der Waals surface area contributed by atoms with Gasteiger partial charge in [0.05, 0.1) is 5.41 Å². The molecule has 1 N–H and O–H groups in total. The van der Waals surface area contributed by atoms with Gasteiger partial charge >= 0.3 is 0 Å². The smallest absolute Gasteiger partial charge is 0.234 e. The van der Waals surface area contributed by atoms with Crippen LogP contribution in [0.5, 0.6) is 0 Å². The van der Waals surface area contributed by atoms with Gasteiger partial charge in [-0.1, -0.05) is 35.0 Å². The van der Waals surface area contributed by atoms with Crippen molar-refractivity contribution in [2.75, 3.05) is 5.32 Å². The average Bonchev–Trinajstić information content (AvgIpc) is 2.49. The second kappa shape index (κ2) is 3.88. The number of anilines is 1. The average molecular weight is 282 g/mol. The van der Waals surface area contributed by atoms with E-state index in [0.29, 0.717) is 4.83 Å². The molecule has 1 atom stereocenters. The van der Waals surface area contributed by atoms with Crippen LogP contribution in [0.2, 0.25) is 0 Å². The summed E-state index contributed by atoms with van der Waals surface area (Å²) in [6, 6.07) is 6.21. The van der Waals surface area contributed by atoms with Gasteiger partial charge in [-0.2, -0.15) is 0 Å². The van der Waals surface area contributed by atoms with E-state index in [9.17, 15) is 4.79 Å². The van der Waals surface area contributed by atoms with E-state index in [0.717, 1.165) is 17.7 Å². The van der Waals surface area contributed by atoms with Crippen molar-refractivity contribution in [1.29, 1.82) is 0 Å². The third-order valence-electron chi connectivity index (χ3n) is 3.25. The molecule has 1 aromatic carbocycles. The SMILES string of the molecule is CCC(Br)c1ccc2c(c1)C(C)(C)C(=O)N2. The van der Waals surface area contributed by atoms with E-state index in [-0.39, 0.29) is 5.91 Å². The summed E-state index contributed by atoms with van der Waals surface area (Å²) >= 11 is 3.64. The van der Waals surface area contributed by atoms with Crippen molar-refractivity contribution >= 4 is 27.5 Å². The zero-order chi connectivity index (χ0) is 11.9. The molecule has 0 bridgehead atoms. The molecule has 2 nitrogen and oxygen atoms in total. The summed E-state index contributed by atoms with van der Waals surface area (Å²) in [7, 11) is 0. The van der Waals surface area contributed by atoms with E-state index >= 15 is 0 Å². The van der Waals surface area contributed by atoms with Crippen LogP contribution >= 0.6 is 15.9 Å². The molecule has 1 amide bonds. The highest BCUT2D eigenvalue weighted by atomic mass is 79.9. The van der Waals surface area contributed by atoms with Gasteiger partial charge in [0.15, 0.2) is 0 Å². The maximum absolute atomic E-state index is 11.8. The summed E-state index contributed by atoms with van der Waals surface area (Å²) in [4.78, 5) is 12.1. The fourth-order valence-corrected chi connectivity index (χ4v) is 2.30. The summed E-state index contributed by atoms with van der Waals surface area (Å²) in [5.41, 5.74) is 2.89. The van der Waals surface area contributed by atoms with E-state index in [4.69, 9.17) is 0 Å². The third-order valence-corrected chi connectivity index (χ3v) is 4.43. The van der Waals surface area contributed by atoms with Crippen molar-refractivity contribution < 1.29 is 4.79 Å². The highest BCUT2D eigenvalue weighted by molar-refractivity contribution is 9.09. The van der Waals surface area contributed by atoms with Crippen LogP contribution < -0.4 is 5.32 Å². The lowest BCUT2D eigenvalue weighted by Gasteiger charge is -2.17. The number of fused-ring (bicyclic) bond motifs is 1. The number of rotatable bonds is 2. The zero-order valence-electron chi connectivity index (χ0n) is 9.80. The Balaban J connectivity index is 2.48. The molecule has 2 rings (SSSR count). The molecule has 1 aromatic rings. The van der Waals surface area contributed by atoms with Crippen molar-refractivity contribution in [1.82, 2.24) is 0 Å². The highest BCUT2D eigenvalue weighted by Crippen LogP contribution is 2.39. The van der Waals surface area contributed by atoms with Crippen molar-refractivity contribution in [3.63, 3.8) is 0 Å². The van der Waals surface area contributed by atoms with E-state index in [2.05, 4.69) is 40.3 Å². The predicted molar refractivity (Wildman–Crippen MR) is 70.1 cm³/mol. The van der Waals surface area contributed by atoms with Gasteiger partial charge in [-0.05, 0) is 37.5 Å². The maximum Gasteiger partial charge on any atom is 0.234 e. The fourth-order valence-electron chi connectivity index (χ4n) is 2.02. The minimum absolute atomic E-state index is 0.0854. The van der Waals surface area contributed by atoms with Gasteiger partial charge in [0.25, 0.3) is 0 Å². The van der Waals surface area contributed by atoms with Crippen LogP contribution in [0.3, 0.4) is 0 Å². The molecule has 1 unspecified atom stereocenters. The van der Waals surface area contributed by atoms with Crippen LogP contribution in [0.1, 0.15) is 43.1 Å². The number of alkyl halides is 1. The van der Waals surface area contributed by atoms with Gasteiger partial charge in [-0.15, -0.1) is 0 Å². The molecule has 0 aromatic heterocycles. The molecule has 16 heavy (non-hydrogen) atoms. The van der Waals surface area contributed by atoms with E-state index in [1.54, 1.807) is 0 Å². The Hall–Kier alpha value is -0.830. The van der Waals surface area contributed by atoms with Gasteiger partial charge in [0, 0.05) is 10.5 Å². The van der Waals surface area contributed by atoms with Crippen LogP contribution in [0.15, 0.2) is 18.2 Å². The molecule has 0 spiro atoms. The number of benzene rings is 1. The number of carbonyl (C=O) groups is 1. The quantitative estimate of drug-likeness (QED) is 0.822. The monoisotopic (exact) mass is 281 g/mol. The molecule has 86 valence electrons. The number of nitrogens with one attached hydrogen (secondary N) is 1. The van der Waals surface area contributed by atoms with Crippen LogP contribution in [0, 0.1) is 0 Å². The zero-order valence-corrected chi connectivity index (χ0v) is 11.4. The molecular weight excluding hydrogens is 266 g/mol. The van der Waals surface area contributed by atoms with E-state index in [1.165, 1.54) is 5.56 Å². The number of hydrogen-bond donors (Lipinski definition) is 1. The van der Waals surface area contributed by atoms with Crippen LogP contribution in [0.4, 0.5) is 5.69 Å². The van der Waals surface area contributed by atoms with E-state index < -0.39 is 5.41 Å². The van der Waals surface area contributed by atoms with Gasteiger partial charge in [-0.25, -0.2) is 0 Å². The topological polar surface area (TPSA) is 29.1 Å². The molecule has 1 heterocycles. The molecule has 1 aliphatic heterocycles. The molecule has 0 radical (unpaired) electrons. The van der Waals surface area contributed by atoms with Crippen molar-refractivity contribution in [2.45, 2.75) is 37.4 Å². The molecule has 0 aliphatic carbocycles. The van der Waals surface area contributed by atoms with Gasteiger partial charge in [-0.3, -0.25) is 4.79 Å². The fraction of sp³-hybridized carbons (Fsp3) is 0.462. The minimum atomic E-state index is -0.411. The Labute approximate surface area is 105 Å². The summed E-state index contributed by atoms with van der Waals surface area (Å²) in [5, 5.41) is 2.92. The first-order valence-corrected chi connectivity index (χ1v) is 6.48. The molecule has 0 saturated heterocycles. The molecular formula is C13H16BrNO. The summed E-state index contributed by atoms with van der Waals surface area (Å²) in [6.45, 7) is 6.07. The van der Waals surface area contributed by atoms with Crippen molar-refractivity contribution in [3.05, 3.63) is 29.3 Å². The number of halogens is 1. The lowest BCUT2D eigenvalue weighted by molar-refractivity contribution is -0.119. The summed E-state index contributed by atoms with van der Waals surface area (Å²) in [5.74, 6) is 0.0854. The first kappa shape index (κ1) is 11.6.